The van der Waals surface area contributed by atoms with Gasteiger partial charge in [0, 0.05) is 11.3 Å². The van der Waals surface area contributed by atoms with Gasteiger partial charge in [0.2, 0.25) is 0 Å². The van der Waals surface area contributed by atoms with Gasteiger partial charge in [0.25, 0.3) is 0 Å². The highest BCUT2D eigenvalue weighted by atomic mass is 16.5. The predicted molar refractivity (Wildman–Crippen MR) is 61.9 cm³/mol. The zero-order valence-corrected chi connectivity index (χ0v) is 9.35. The molecule has 0 atom stereocenters. The van der Waals surface area contributed by atoms with E-state index in [9.17, 15) is 4.79 Å². The Morgan fingerprint density at radius 3 is 2.94 bits per heavy atom. The third-order valence-electron chi connectivity index (χ3n) is 3.41. The highest BCUT2D eigenvalue weighted by Gasteiger charge is 2.25. The van der Waals surface area contributed by atoms with Crippen molar-refractivity contribution in [3.63, 3.8) is 0 Å². The molecule has 0 spiro atoms. The molecule has 0 aliphatic heterocycles. The van der Waals surface area contributed by atoms with Crippen LogP contribution in [0.5, 0.6) is 0 Å². The molecule has 1 N–H and O–H groups in total. The van der Waals surface area contributed by atoms with Gasteiger partial charge in [-0.1, -0.05) is 17.6 Å². The fourth-order valence-electron chi connectivity index (χ4n) is 2.27. The van der Waals surface area contributed by atoms with Gasteiger partial charge in [-0.05, 0) is 30.5 Å². The van der Waals surface area contributed by atoms with E-state index in [-0.39, 0.29) is 6.42 Å². The van der Waals surface area contributed by atoms with Crippen molar-refractivity contribution in [1.82, 2.24) is 5.16 Å². The molecule has 1 saturated carbocycles. The maximum Gasteiger partial charge on any atom is 0.307 e. The van der Waals surface area contributed by atoms with Crippen molar-refractivity contribution in [2.45, 2.75) is 31.6 Å². The summed E-state index contributed by atoms with van der Waals surface area (Å²) in [5, 5.41) is 13.9. The van der Waals surface area contributed by atoms with Crippen LogP contribution in [0.4, 0.5) is 0 Å². The predicted octanol–water partition coefficient (Wildman–Crippen LogP) is 2.72. The molecule has 1 fully saturated rings. The Labute approximate surface area is 98.2 Å². The second-order valence-electron chi connectivity index (χ2n) is 4.60. The summed E-state index contributed by atoms with van der Waals surface area (Å²) >= 11 is 0. The van der Waals surface area contributed by atoms with E-state index in [1.165, 1.54) is 6.42 Å². The molecule has 1 heterocycles. The largest absolute Gasteiger partial charge is 0.481 e. The molecule has 4 nitrogen and oxygen atoms in total. The molecule has 1 aromatic carbocycles. The summed E-state index contributed by atoms with van der Waals surface area (Å²) in [6.07, 6.45) is 3.61. The topological polar surface area (TPSA) is 63.3 Å². The number of rotatable bonds is 3. The minimum absolute atomic E-state index is 0.0469. The van der Waals surface area contributed by atoms with Crippen molar-refractivity contribution in [2.75, 3.05) is 0 Å². The fourth-order valence-corrected chi connectivity index (χ4v) is 2.27. The van der Waals surface area contributed by atoms with Crippen LogP contribution in [0, 0.1) is 0 Å². The zero-order valence-electron chi connectivity index (χ0n) is 9.35. The molecule has 1 aromatic heterocycles. The minimum Gasteiger partial charge on any atom is -0.481 e. The number of hydrogen-bond donors (Lipinski definition) is 1. The van der Waals surface area contributed by atoms with Gasteiger partial charge in [-0.15, -0.1) is 0 Å². The average Bonchev–Trinajstić information content (AvgIpc) is 2.58. The number of nitrogens with zero attached hydrogens (tertiary/aromatic N) is 1. The SMILES string of the molecule is O=C(O)Cc1ccc2onc(C3CCC3)c2c1. The summed E-state index contributed by atoms with van der Waals surface area (Å²) in [7, 11) is 0. The average molecular weight is 231 g/mol. The van der Waals surface area contributed by atoms with Crippen LogP contribution in [0.25, 0.3) is 11.0 Å². The summed E-state index contributed by atoms with van der Waals surface area (Å²) in [4.78, 5) is 10.7. The second kappa shape index (κ2) is 3.87. The molecule has 0 amide bonds. The second-order valence-corrected chi connectivity index (χ2v) is 4.60. The lowest BCUT2D eigenvalue weighted by Gasteiger charge is -2.22. The molecule has 88 valence electrons. The van der Waals surface area contributed by atoms with Crippen LogP contribution < -0.4 is 0 Å². The number of aromatic nitrogens is 1. The van der Waals surface area contributed by atoms with Crippen LogP contribution in [0.1, 0.15) is 36.4 Å². The van der Waals surface area contributed by atoms with E-state index in [1.54, 1.807) is 6.07 Å². The first-order valence-electron chi connectivity index (χ1n) is 5.84. The van der Waals surface area contributed by atoms with E-state index in [4.69, 9.17) is 9.63 Å². The number of fused-ring (bicyclic) bond motifs is 1. The van der Waals surface area contributed by atoms with Gasteiger partial charge >= 0.3 is 5.97 Å². The summed E-state index contributed by atoms with van der Waals surface area (Å²) in [5.41, 5.74) is 2.55. The Morgan fingerprint density at radius 1 is 1.47 bits per heavy atom. The van der Waals surface area contributed by atoms with Crippen LogP contribution in [0.15, 0.2) is 22.7 Å². The van der Waals surface area contributed by atoms with Crippen LogP contribution >= 0.6 is 0 Å². The first kappa shape index (κ1) is 10.3. The normalized spacial score (nSPS) is 16.0. The minimum atomic E-state index is -0.814. The standard InChI is InChI=1S/C13H13NO3/c15-12(16)7-8-4-5-11-10(6-8)13(14-17-11)9-2-1-3-9/h4-6,9H,1-3,7H2,(H,15,16). The third-order valence-corrected chi connectivity index (χ3v) is 3.41. The Balaban J connectivity index is 2.02. The van der Waals surface area contributed by atoms with E-state index < -0.39 is 5.97 Å². The highest BCUT2D eigenvalue weighted by molar-refractivity contribution is 5.82. The molecule has 4 heteroatoms. The number of carbonyl (C=O) groups is 1. The molecule has 3 rings (SSSR count). The maximum absolute atomic E-state index is 10.7. The molecule has 0 radical (unpaired) electrons. The number of hydrogen-bond acceptors (Lipinski definition) is 3. The van der Waals surface area contributed by atoms with Crippen LogP contribution in [0.3, 0.4) is 0 Å². The van der Waals surface area contributed by atoms with Gasteiger partial charge in [0.05, 0.1) is 12.1 Å². The maximum atomic E-state index is 10.7. The summed E-state index contributed by atoms with van der Waals surface area (Å²) in [5.74, 6) is -0.317. The van der Waals surface area contributed by atoms with Crippen molar-refractivity contribution < 1.29 is 14.4 Å². The molecule has 0 bridgehead atoms. The van der Waals surface area contributed by atoms with Crippen molar-refractivity contribution in [1.29, 1.82) is 0 Å². The molecule has 1 aliphatic rings. The summed E-state index contributed by atoms with van der Waals surface area (Å²) in [6, 6.07) is 5.49. The highest BCUT2D eigenvalue weighted by Crippen LogP contribution is 2.39. The number of aliphatic carboxylic acids is 1. The first-order valence-corrected chi connectivity index (χ1v) is 5.84. The first-order chi connectivity index (χ1) is 8.24. The number of benzene rings is 1. The van der Waals surface area contributed by atoms with E-state index in [0.717, 1.165) is 35.1 Å². The Bertz CT molecular complexity index is 569. The van der Waals surface area contributed by atoms with Gasteiger partial charge in [0.1, 0.15) is 0 Å². The third kappa shape index (κ3) is 1.79. The van der Waals surface area contributed by atoms with Crippen LogP contribution in [-0.2, 0) is 11.2 Å². The fraction of sp³-hybridized carbons (Fsp3) is 0.385. The van der Waals surface area contributed by atoms with Gasteiger partial charge in [-0.2, -0.15) is 0 Å². The van der Waals surface area contributed by atoms with E-state index >= 15 is 0 Å². The Hall–Kier alpha value is -1.84. The van der Waals surface area contributed by atoms with Crippen molar-refractivity contribution in [2.24, 2.45) is 0 Å². The van der Waals surface area contributed by atoms with E-state index in [0.29, 0.717) is 5.92 Å². The Kier molecular flexibility index (Phi) is 2.35. The number of carboxylic acids is 1. The van der Waals surface area contributed by atoms with Crippen molar-refractivity contribution >= 4 is 16.9 Å². The molecule has 1 aliphatic carbocycles. The van der Waals surface area contributed by atoms with Gasteiger partial charge in [0.15, 0.2) is 5.58 Å². The molecular formula is C13H13NO3. The zero-order chi connectivity index (χ0) is 11.8. The molecule has 0 saturated heterocycles. The molecule has 17 heavy (non-hydrogen) atoms. The molecule has 2 aromatic rings. The van der Waals surface area contributed by atoms with E-state index in [1.807, 2.05) is 12.1 Å². The quantitative estimate of drug-likeness (QED) is 0.882. The number of carboxylic acid groups (broad SMARTS) is 1. The lowest BCUT2D eigenvalue weighted by Crippen LogP contribution is -2.09. The smallest absolute Gasteiger partial charge is 0.307 e. The van der Waals surface area contributed by atoms with Crippen LogP contribution in [0.2, 0.25) is 0 Å². The van der Waals surface area contributed by atoms with Crippen molar-refractivity contribution in [3.05, 3.63) is 29.5 Å². The Morgan fingerprint density at radius 2 is 2.29 bits per heavy atom. The summed E-state index contributed by atoms with van der Waals surface area (Å²) < 4.78 is 5.27. The molecular weight excluding hydrogens is 218 g/mol. The molecule has 0 unspecified atom stereocenters. The lowest BCUT2D eigenvalue weighted by molar-refractivity contribution is -0.136. The van der Waals surface area contributed by atoms with Crippen LogP contribution in [-0.4, -0.2) is 16.2 Å². The van der Waals surface area contributed by atoms with Gasteiger partial charge in [-0.3, -0.25) is 4.79 Å². The lowest BCUT2D eigenvalue weighted by atomic mass is 9.82. The monoisotopic (exact) mass is 231 g/mol. The van der Waals surface area contributed by atoms with Gasteiger partial charge in [-0.25, -0.2) is 0 Å². The van der Waals surface area contributed by atoms with E-state index in [2.05, 4.69) is 5.16 Å². The summed E-state index contributed by atoms with van der Waals surface area (Å²) in [6.45, 7) is 0. The van der Waals surface area contributed by atoms with Crippen molar-refractivity contribution in [3.8, 4) is 0 Å². The van der Waals surface area contributed by atoms with Gasteiger partial charge < -0.3 is 9.63 Å².